The van der Waals surface area contributed by atoms with Crippen LogP contribution in [0.5, 0.6) is 0 Å². The second-order valence-electron chi connectivity index (χ2n) is 19.0. The van der Waals surface area contributed by atoms with Gasteiger partial charge in [0.05, 0.1) is 50.0 Å². The predicted octanol–water partition coefficient (Wildman–Crippen LogP) is 8.09. The number of aliphatic hydroxyl groups excluding tert-OH is 1. The van der Waals surface area contributed by atoms with Crippen molar-refractivity contribution in [1.82, 2.24) is 9.80 Å². The van der Waals surface area contributed by atoms with E-state index in [0.29, 0.717) is 72.3 Å². The van der Waals surface area contributed by atoms with Crippen LogP contribution in [0.3, 0.4) is 0 Å². The van der Waals surface area contributed by atoms with Gasteiger partial charge < -0.3 is 48.5 Å². The summed E-state index contributed by atoms with van der Waals surface area (Å²) in [4.78, 5) is 48.7. The molecule has 0 saturated carbocycles. The maximum atomic E-state index is 12.3. The molecule has 408 valence electrons. The van der Waals surface area contributed by atoms with E-state index in [2.05, 4.69) is 15.9 Å². The number of rotatable bonds is 25. The number of carbonyl (C=O) groups excluding carboxylic acids is 2. The summed E-state index contributed by atoms with van der Waals surface area (Å²) in [7, 11) is -3.70. The third-order valence-corrected chi connectivity index (χ3v) is 12.2. The second kappa shape index (κ2) is 32.6. The van der Waals surface area contributed by atoms with E-state index in [9.17, 15) is 37.8 Å². The van der Waals surface area contributed by atoms with E-state index in [1.807, 2.05) is 60.7 Å². The molecule has 0 spiro atoms. The van der Waals surface area contributed by atoms with Crippen LogP contribution in [-0.4, -0.2) is 159 Å². The minimum Gasteiger partial charge on any atom is -0.480 e. The van der Waals surface area contributed by atoms with Gasteiger partial charge in [-0.2, -0.15) is 8.42 Å². The molecule has 73 heavy (non-hydrogen) atoms. The zero-order valence-electron chi connectivity index (χ0n) is 42.9. The number of nitrogens with zero attached hydrogens (tertiary/aromatic N) is 2. The third kappa shape index (κ3) is 26.4. The van der Waals surface area contributed by atoms with Crippen LogP contribution < -0.4 is 0 Å². The van der Waals surface area contributed by atoms with E-state index in [4.69, 9.17) is 42.4 Å². The minimum absolute atomic E-state index is 0.00583. The number of β-amino-alcohol motifs (C(OH)–C–C–N with tert-alkyl or cyclic N) is 1. The summed E-state index contributed by atoms with van der Waals surface area (Å²) in [6.45, 7) is 15.8. The summed E-state index contributed by atoms with van der Waals surface area (Å²) in [5, 5.41) is 27.6. The smallest absolute Gasteiger partial charge is 0.411 e. The van der Waals surface area contributed by atoms with Crippen LogP contribution in [-0.2, 0) is 70.3 Å². The standard InChI is InChI=1S/C23H35NO7.C19H23BrO5S.C10H17NO5/c1-23(2,3)31-22(27)24-16-19(15-20(24)21(25)26)30-14-8-12-28-11-7-13-29-17-18-9-5-4-6-10-18;20-18-8-10-19(11-9-18)26(21,22)25-15-5-13-23-12-4-14-24-16-17-6-2-1-3-7-17;1-10(2,3)16-9(15)11-5-6(12)4-7(11)8(13)14/h4-6,9-10,19-20H,7-8,11-17H2,1-3H3,(H,25,26);1-3,6-11H,4-5,12-16H2;6-7,12H,4-5H2,1-3H3,(H,13,14)/t19-,20+;;6-,7+/m1.1/s1. The molecule has 0 aromatic heterocycles. The molecule has 2 aliphatic rings. The molecule has 2 saturated heterocycles. The summed E-state index contributed by atoms with van der Waals surface area (Å²) < 4.78 is 68.1. The van der Waals surface area contributed by atoms with Crippen molar-refractivity contribution in [2.45, 2.75) is 134 Å². The number of carbonyl (C=O) groups is 4. The Bertz CT molecular complexity index is 2170. The molecule has 0 aliphatic carbocycles. The molecule has 21 heteroatoms. The molecule has 3 aromatic rings. The molecule has 0 bridgehead atoms. The van der Waals surface area contributed by atoms with Gasteiger partial charge in [-0.15, -0.1) is 0 Å². The van der Waals surface area contributed by atoms with Crippen LogP contribution in [0.1, 0.15) is 91.2 Å². The maximum absolute atomic E-state index is 12.3. The average molecular weight is 1110 g/mol. The lowest BCUT2D eigenvalue weighted by molar-refractivity contribution is -0.142. The lowest BCUT2D eigenvalue weighted by Crippen LogP contribution is -2.43. The highest BCUT2D eigenvalue weighted by Gasteiger charge is 2.42. The van der Waals surface area contributed by atoms with Gasteiger partial charge in [0, 0.05) is 63.6 Å². The van der Waals surface area contributed by atoms with Gasteiger partial charge in [-0.05, 0) is 103 Å². The van der Waals surface area contributed by atoms with Crippen molar-refractivity contribution in [2.75, 3.05) is 65.9 Å². The topological polar surface area (TPSA) is 243 Å². The van der Waals surface area contributed by atoms with Gasteiger partial charge in [0.25, 0.3) is 10.1 Å². The number of hydrogen-bond donors (Lipinski definition) is 3. The van der Waals surface area contributed by atoms with E-state index in [1.165, 1.54) is 17.0 Å². The fraction of sp³-hybridized carbons (Fsp3) is 0.577. The molecule has 2 fully saturated rings. The summed E-state index contributed by atoms with van der Waals surface area (Å²) >= 11 is 3.27. The van der Waals surface area contributed by atoms with Gasteiger partial charge in [-0.1, -0.05) is 76.6 Å². The molecule has 2 heterocycles. The Morgan fingerprint density at radius 3 is 1.44 bits per heavy atom. The van der Waals surface area contributed by atoms with Crippen LogP contribution in [0.15, 0.2) is 94.3 Å². The Kier molecular flexibility index (Phi) is 27.9. The molecule has 2 amide bonds. The van der Waals surface area contributed by atoms with Gasteiger partial charge in [0.1, 0.15) is 23.3 Å². The molecule has 0 radical (unpaired) electrons. The zero-order chi connectivity index (χ0) is 53.9. The van der Waals surface area contributed by atoms with Crippen molar-refractivity contribution < 1.29 is 80.3 Å². The minimum atomic E-state index is -3.70. The van der Waals surface area contributed by atoms with E-state index in [0.717, 1.165) is 33.3 Å². The summed E-state index contributed by atoms with van der Waals surface area (Å²) in [6, 6.07) is 24.5. The Morgan fingerprint density at radius 1 is 0.575 bits per heavy atom. The number of aliphatic hydroxyl groups is 1. The Labute approximate surface area is 438 Å². The monoisotopic (exact) mass is 1110 g/mol. The lowest BCUT2D eigenvalue weighted by Gasteiger charge is -2.26. The number of carboxylic acid groups (broad SMARTS) is 2. The van der Waals surface area contributed by atoms with E-state index in [1.54, 1.807) is 53.7 Å². The van der Waals surface area contributed by atoms with Crippen LogP contribution in [0.4, 0.5) is 9.59 Å². The van der Waals surface area contributed by atoms with Crippen molar-refractivity contribution in [2.24, 2.45) is 0 Å². The number of hydrogen-bond acceptors (Lipinski definition) is 15. The Hall–Kier alpha value is -4.71. The van der Waals surface area contributed by atoms with Crippen molar-refractivity contribution >= 4 is 50.2 Å². The third-order valence-electron chi connectivity index (χ3n) is 10.3. The quantitative estimate of drug-likeness (QED) is 0.0536. The number of likely N-dealkylation sites (tertiary alicyclic amines) is 2. The average Bonchev–Trinajstić information content (AvgIpc) is 3.95. The van der Waals surface area contributed by atoms with Gasteiger partial charge in [-0.3, -0.25) is 14.0 Å². The van der Waals surface area contributed by atoms with E-state index < -0.39 is 63.6 Å². The first-order valence-corrected chi connectivity index (χ1v) is 26.5. The maximum Gasteiger partial charge on any atom is 0.411 e. The summed E-state index contributed by atoms with van der Waals surface area (Å²) in [5.41, 5.74) is 0.955. The second-order valence-corrected chi connectivity index (χ2v) is 21.6. The molecule has 4 atom stereocenters. The summed E-state index contributed by atoms with van der Waals surface area (Å²) in [5.74, 6) is -2.17. The largest absolute Gasteiger partial charge is 0.480 e. The van der Waals surface area contributed by atoms with Gasteiger partial charge in [0.2, 0.25) is 0 Å². The number of halogens is 1. The molecule has 3 aromatic carbocycles. The lowest BCUT2D eigenvalue weighted by atomic mass is 10.2. The molecular formula is C52H75BrN2O17S. The van der Waals surface area contributed by atoms with Crippen LogP contribution in [0, 0.1) is 0 Å². The van der Waals surface area contributed by atoms with Gasteiger partial charge in [0.15, 0.2) is 0 Å². The van der Waals surface area contributed by atoms with Crippen molar-refractivity contribution in [3.8, 4) is 0 Å². The van der Waals surface area contributed by atoms with Gasteiger partial charge in [-0.25, -0.2) is 19.2 Å². The first-order chi connectivity index (χ1) is 34.5. The molecule has 2 aliphatic heterocycles. The highest BCUT2D eigenvalue weighted by Crippen LogP contribution is 2.25. The van der Waals surface area contributed by atoms with Gasteiger partial charge >= 0.3 is 24.1 Å². The molecule has 5 rings (SSSR count). The van der Waals surface area contributed by atoms with Crippen molar-refractivity contribution in [3.63, 3.8) is 0 Å². The van der Waals surface area contributed by atoms with Crippen LogP contribution in [0.25, 0.3) is 0 Å². The number of ether oxygens (including phenoxy) is 7. The predicted molar refractivity (Wildman–Crippen MR) is 273 cm³/mol. The number of amides is 2. The molecular weight excluding hydrogens is 1040 g/mol. The first kappa shape index (κ1) is 62.6. The normalized spacial score (nSPS) is 17.8. The summed E-state index contributed by atoms with van der Waals surface area (Å²) in [6.07, 6.45) is 0.704. The SMILES string of the molecule is CC(C)(C)OC(=O)N1C[C@H](O)C[C@H]1C(=O)O.CC(C)(C)OC(=O)N1C[C@H](OCCCOCCCOCc2ccccc2)C[C@H]1C(=O)O.O=S(=O)(OCCCOCCCOCc1ccccc1)c1ccc(Br)cc1. The Balaban J connectivity index is 0.000000303. The zero-order valence-corrected chi connectivity index (χ0v) is 45.3. The van der Waals surface area contributed by atoms with E-state index >= 15 is 0 Å². The highest BCUT2D eigenvalue weighted by atomic mass is 79.9. The fourth-order valence-electron chi connectivity index (χ4n) is 6.91. The van der Waals surface area contributed by atoms with Crippen molar-refractivity contribution in [3.05, 3.63) is 101 Å². The molecule has 19 nitrogen and oxygen atoms in total. The fourth-order valence-corrected chi connectivity index (χ4v) is 8.12. The van der Waals surface area contributed by atoms with Crippen molar-refractivity contribution in [1.29, 1.82) is 0 Å². The Morgan fingerprint density at radius 2 is 0.986 bits per heavy atom. The number of benzene rings is 3. The van der Waals surface area contributed by atoms with Crippen LogP contribution >= 0.6 is 15.9 Å². The van der Waals surface area contributed by atoms with Crippen LogP contribution in [0.2, 0.25) is 0 Å². The highest BCUT2D eigenvalue weighted by molar-refractivity contribution is 9.10. The molecule has 0 unspecified atom stereocenters. The number of aliphatic carboxylic acids is 2. The molecule has 3 N–H and O–H groups in total. The van der Waals surface area contributed by atoms with E-state index in [-0.39, 0.29) is 43.5 Å². The number of carboxylic acids is 2. The first-order valence-electron chi connectivity index (χ1n) is 24.3.